The molecular weight excluding hydrogens is 282 g/mol. The van der Waals surface area contributed by atoms with E-state index in [4.69, 9.17) is 5.73 Å². The molecule has 0 fully saturated rings. The van der Waals surface area contributed by atoms with Gasteiger partial charge in [-0.3, -0.25) is 14.2 Å². The van der Waals surface area contributed by atoms with Gasteiger partial charge < -0.3 is 5.73 Å². The second kappa shape index (κ2) is 5.10. The molecule has 3 aromatic rings. The number of aromatic nitrogens is 4. The SMILES string of the molecule is Cc1cc(C)cc(-n2ncc3c(=O)n(CC(N)=O)cnc32)c1. The zero-order chi connectivity index (χ0) is 15.9. The zero-order valence-electron chi connectivity index (χ0n) is 12.3. The molecular formula is C15H15N5O2. The quantitative estimate of drug-likeness (QED) is 0.769. The average Bonchev–Trinajstić information content (AvgIpc) is 2.85. The molecule has 1 aromatic carbocycles. The first-order valence-corrected chi connectivity index (χ1v) is 6.76. The number of carbonyl (C=O) groups is 1. The Bertz CT molecular complexity index is 918. The van der Waals surface area contributed by atoms with E-state index in [0.717, 1.165) is 16.8 Å². The zero-order valence-corrected chi connectivity index (χ0v) is 12.3. The molecule has 7 nitrogen and oxygen atoms in total. The van der Waals surface area contributed by atoms with Gasteiger partial charge in [-0.25, -0.2) is 9.67 Å². The van der Waals surface area contributed by atoms with Crippen molar-refractivity contribution in [2.75, 3.05) is 0 Å². The minimum Gasteiger partial charge on any atom is -0.368 e. The second-order valence-corrected chi connectivity index (χ2v) is 5.28. The Kier molecular flexibility index (Phi) is 3.25. The van der Waals surface area contributed by atoms with Gasteiger partial charge in [0.2, 0.25) is 5.91 Å². The Morgan fingerprint density at radius 2 is 1.91 bits per heavy atom. The summed E-state index contributed by atoms with van der Waals surface area (Å²) in [5.41, 5.74) is 8.28. The van der Waals surface area contributed by atoms with Gasteiger partial charge in [0.1, 0.15) is 18.3 Å². The molecule has 0 radical (unpaired) electrons. The lowest BCUT2D eigenvalue weighted by atomic mass is 10.1. The van der Waals surface area contributed by atoms with Gasteiger partial charge in [-0.05, 0) is 37.1 Å². The standard InChI is InChI=1S/C15H15N5O2/c1-9-3-10(2)5-11(4-9)20-14-12(6-18-20)15(22)19(8-17-14)7-13(16)21/h3-6,8H,7H2,1-2H3,(H2,16,21). The van der Waals surface area contributed by atoms with Crippen LogP contribution in [0.5, 0.6) is 0 Å². The molecule has 0 aliphatic heterocycles. The summed E-state index contributed by atoms with van der Waals surface area (Å²) in [6, 6.07) is 5.99. The van der Waals surface area contributed by atoms with Gasteiger partial charge in [0, 0.05) is 0 Å². The third-order valence-electron chi connectivity index (χ3n) is 3.33. The summed E-state index contributed by atoms with van der Waals surface area (Å²) in [6.45, 7) is 3.79. The highest BCUT2D eigenvalue weighted by molar-refractivity contribution is 5.76. The molecule has 2 aromatic heterocycles. The molecule has 0 spiro atoms. The summed E-state index contributed by atoms with van der Waals surface area (Å²) in [7, 11) is 0. The fourth-order valence-corrected chi connectivity index (χ4v) is 2.49. The van der Waals surface area contributed by atoms with Crippen LogP contribution in [0.15, 0.2) is 35.5 Å². The molecule has 112 valence electrons. The lowest BCUT2D eigenvalue weighted by Crippen LogP contribution is -2.28. The van der Waals surface area contributed by atoms with Crippen molar-refractivity contribution in [2.24, 2.45) is 5.73 Å². The second-order valence-electron chi connectivity index (χ2n) is 5.28. The van der Waals surface area contributed by atoms with E-state index < -0.39 is 5.91 Å². The third-order valence-corrected chi connectivity index (χ3v) is 3.33. The number of nitrogens with two attached hydrogens (primary N) is 1. The number of primary amides is 1. The van der Waals surface area contributed by atoms with E-state index in [1.165, 1.54) is 17.1 Å². The first-order valence-electron chi connectivity index (χ1n) is 6.76. The predicted molar refractivity (Wildman–Crippen MR) is 81.8 cm³/mol. The number of amides is 1. The Morgan fingerprint density at radius 1 is 1.23 bits per heavy atom. The van der Waals surface area contributed by atoms with E-state index in [-0.39, 0.29) is 12.1 Å². The summed E-state index contributed by atoms with van der Waals surface area (Å²) in [5, 5.41) is 4.60. The molecule has 0 unspecified atom stereocenters. The summed E-state index contributed by atoms with van der Waals surface area (Å²) in [4.78, 5) is 27.5. The van der Waals surface area contributed by atoms with Crippen molar-refractivity contribution in [1.82, 2.24) is 19.3 Å². The molecule has 22 heavy (non-hydrogen) atoms. The van der Waals surface area contributed by atoms with Crippen molar-refractivity contribution in [1.29, 1.82) is 0 Å². The van der Waals surface area contributed by atoms with Gasteiger partial charge in [0.25, 0.3) is 5.56 Å². The van der Waals surface area contributed by atoms with Gasteiger partial charge >= 0.3 is 0 Å². The Labute approximate surface area is 126 Å². The lowest BCUT2D eigenvalue weighted by Gasteiger charge is -2.06. The molecule has 0 bridgehead atoms. The predicted octanol–water partition coefficient (Wildman–Crippen LogP) is 0.684. The lowest BCUT2D eigenvalue weighted by molar-refractivity contribution is -0.118. The van der Waals surface area contributed by atoms with Crippen LogP contribution < -0.4 is 11.3 Å². The summed E-state index contributed by atoms with van der Waals surface area (Å²) in [5.74, 6) is -0.593. The summed E-state index contributed by atoms with van der Waals surface area (Å²) in [6.07, 6.45) is 2.77. The number of carbonyl (C=O) groups excluding carboxylic acids is 1. The summed E-state index contributed by atoms with van der Waals surface area (Å²) < 4.78 is 2.80. The van der Waals surface area contributed by atoms with E-state index in [9.17, 15) is 9.59 Å². The van der Waals surface area contributed by atoms with Gasteiger partial charge in [-0.1, -0.05) is 6.07 Å². The Balaban J connectivity index is 2.19. The monoisotopic (exact) mass is 297 g/mol. The van der Waals surface area contributed by atoms with Crippen LogP contribution in [0, 0.1) is 13.8 Å². The molecule has 2 heterocycles. The van der Waals surface area contributed by atoms with Gasteiger partial charge in [0.05, 0.1) is 11.9 Å². The highest BCUT2D eigenvalue weighted by Crippen LogP contribution is 2.16. The number of nitrogens with zero attached hydrogens (tertiary/aromatic N) is 4. The van der Waals surface area contributed by atoms with Crippen molar-refractivity contribution in [3.8, 4) is 5.69 Å². The van der Waals surface area contributed by atoms with Crippen LogP contribution in [0.2, 0.25) is 0 Å². The summed E-state index contributed by atoms with van der Waals surface area (Å²) >= 11 is 0. The minimum absolute atomic E-state index is 0.198. The van der Waals surface area contributed by atoms with Gasteiger partial charge in [0.15, 0.2) is 5.65 Å². The molecule has 7 heteroatoms. The fourth-order valence-electron chi connectivity index (χ4n) is 2.49. The first kappa shape index (κ1) is 14.0. The van der Waals surface area contributed by atoms with Crippen LogP contribution in [0.1, 0.15) is 11.1 Å². The number of benzene rings is 1. The molecule has 3 rings (SSSR count). The number of aryl methyl sites for hydroxylation is 2. The highest BCUT2D eigenvalue weighted by Gasteiger charge is 2.12. The Morgan fingerprint density at radius 3 is 2.55 bits per heavy atom. The smallest absolute Gasteiger partial charge is 0.264 e. The maximum absolute atomic E-state index is 12.3. The first-order chi connectivity index (χ1) is 10.5. The van der Waals surface area contributed by atoms with Crippen LogP contribution in [-0.2, 0) is 11.3 Å². The van der Waals surface area contributed by atoms with E-state index in [1.54, 1.807) is 4.68 Å². The normalized spacial score (nSPS) is 11.0. The molecule has 0 atom stereocenters. The largest absolute Gasteiger partial charge is 0.368 e. The van der Waals surface area contributed by atoms with E-state index in [1.807, 2.05) is 26.0 Å². The van der Waals surface area contributed by atoms with E-state index in [0.29, 0.717) is 11.0 Å². The average molecular weight is 297 g/mol. The topological polar surface area (TPSA) is 95.8 Å². The van der Waals surface area contributed by atoms with Gasteiger partial charge in [-0.15, -0.1) is 0 Å². The van der Waals surface area contributed by atoms with Crippen molar-refractivity contribution < 1.29 is 4.79 Å². The molecule has 1 amide bonds. The molecule has 0 saturated carbocycles. The molecule has 2 N–H and O–H groups in total. The van der Waals surface area contributed by atoms with E-state index in [2.05, 4.69) is 16.1 Å². The van der Waals surface area contributed by atoms with Crippen LogP contribution >= 0.6 is 0 Å². The number of rotatable bonds is 3. The fraction of sp³-hybridized carbons (Fsp3) is 0.200. The third kappa shape index (κ3) is 2.37. The van der Waals surface area contributed by atoms with Crippen LogP contribution in [0.25, 0.3) is 16.7 Å². The van der Waals surface area contributed by atoms with Crippen molar-refractivity contribution >= 4 is 16.9 Å². The molecule has 0 saturated heterocycles. The van der Waals surface area contributed by atoms with Gasteiger partial charge in [-0.2, -0.15) is 5.10 Å². The Hall–Kier alpha value is -2.96. The minimum atomic E-state index is -0.593. The molecule has 0 aliphatic carbocycles. The van der Waals surface area contributed by atoms with Crippen LogP contribution in [0.3, 0.4) is 0 Å². The van der Waals surface area contributed by atoms with E-state index >= 15 is 0 Å². The van der Waals surface area contributed by atoms with Crippen molar-refractivity contribution in [2.45, 2.75) is 20.4 Å². The highest BCUT2D eigenvalue weighted by atomic mass is 16.2. The van der Waals surface area contributed by atoms with Crippen molar-refractivity contribution in [3.05, 3.63) is 52.2 Å². The number of hydrogen-bond acceptors (Lipinski definition) is 4. The molecule has 0 aliphatic rings. The van der Waals surface area contributed by atoms with Crippen LogP contribution in [-0.4, -0.2) is 25.2 Å². The maximum Gasteiger partial charge on any atom is 0.264 e. The van der Waals surface area contributed by atoms with Crippen LogP contribution in [0.4, 0.5) is 0 Å². The maximum atomic E-state index is 12.3. The number of fused-ring (bicyclic) bond motifs is 1. The number of hydrogen-bond donors (Lipinski definition) is 1. The van der Waals surface area contributed by atoms with Crippen molar-refractivity contribution in [3.63, 3.8) is 0 Å².